The molecular weight excluding hydrogens is 486 g/mol. The van der Waals surface area contributed by atoms with E-state index in [2.05, 4.69) is 10.3 Å². The molecule has 6 nitrogen and oxygen atoms in total. The number of carboxylic acids is 1. The van der Waals surface area contributed by atoms with Gasteiger partial charge in [-0.2, -0.15) is 0 Å². The fourth-order valence-corrected chi connectivity index (χ4v) is 4.35. The fraction of sp³-hybridized carbons (Fsp3) is 0.0303. The van der Waals surface area contributed by atoms with Gasteiger partial charge in [-0.3, -0.25) is 14.8 Å². The second-order valence-electron chi connectivity index (χ2n) is 8.83. The predicted octanol–water partition coefficient (Wildman–Crippen LogP) is 6.54. The van der Waals surface area contributed by atoms with E-state index in [-0.39, 0.29) is 23.6 Å². The van der Waals surface area contributed by atoms with Gasteiger partial charge in [0.05, 0.1) is 17.0 Å². The summed E-state index contributed by atoms with van der Waals surface area (Å²) in [6.07, 6.45) is 3.18. The number of pyridine rings is 1. The van der Waals surface area contributed by atoms with E-state index in [1.54, 1.807) is 30.5 Å². The van der Waals surface area contributed by atoms with E-state index in [1.165, 1.54) is 6.20 Å². The zero-order chi connectivity index (χ0) is 27.0. The number of amides is 1. The Bertz CT molecular complexity index is 1690. The van der Waals surface area contributed by atoms with Crippen molar-refractivity contribution in [2.24, 2.45) is 4.99 Å². The summed E-state index contributed by atoms with van der Waals surface area (Å²) in [5.74, 6) is -1.40. The molecule has 5 aromatic rings. The highest BCUT2D eigenvalue weighted by atomic mass is 16.4. The molecule has 0 aliphatic rings. The summed E-state index contributed by atoms with van der Waals surface area (Å²) >= 11 is 0. The van der Waals surface area contributed by atoms with E-state index >= 15 is 0 Å². The van der Waals surface area contributed by atoms with E-state index in [9.17, 15) is 14.7 Å². The summed E-state index contributed by atoms with van der Waals surface area (Å²) < 4.78 is 0. The second-order valence-corrected chi connectivity index (χ2v) is 8.83. The average molecular weight is 512 g/mol. The lowest BCUT2D eigenvalue weighted by atomic mass is 9.98. The molecule has 5 rings (SSSR count). The van der Waals surface area contributed by atoms with Crippen molar-refractivity contribution in [2.75, 3.05) is 5.32 Å². The molecular formula is C33H25N3O3. The van der Waals surface area contributed by atoms with Crippen LogP contribution in [0.25, 0.3) is 10.8 Å². The van der Waals surface area contributed by atoms with E-state index < -0.39 is 5.97 Å². The molecule has 6 heteroatoms. The highest BCUT2D eigenvalue weighted by molar-refractivity contribution is 6.18. The number of anilines is 1. The Morgan fingerprint density at radius 3 is 2.31 bits per heavy atom. The number of carbonyl (C=O) groups excluding carboxylic acids is 1. The van der Waals surface area contributed by atoms with Crippen molar-refractivity contribution in [1.82, 2.24) is 4.98 Å². The molecule has 0 radical (unpaired) electrons. The summed E-state index contributed by atoms with van der Waals surface area (Å²) in [7, 11) is 0. The Kier molecular flexibility index (Phi) is 7.65. The van der Waals surface area contributed by atoms with Gasteiger partial charge in [-0.05, 0) is 34.5 Å². The standard InChI is InChI=1S/C33H25N3O3/c37-32(30-19-8-9-20-34-30)36-29-18-7-6-17-28(29)31(24-12-2-1-3-13-24)35-22-26(33(38)39)21-25-15-10-14-23-11-4-5-16-27(23)25/h1-20,22H,21H2,(H,36,37)(H,38,39)/b26-22-,35-31?. The maximum absolute atomic E-state index is 12.9. The molecule has 39 heavy (non-hydrogen) atoms. The molecule has 0 atom stereocenters. The molecule has 1 heterocycles. The van der Waals surface area contributed by atoms with Crippen LogP contribution in [-0.4, -0.2) is 27.7 Å². The number of hydrogen-bond donors (Lipinski definition) is 2. The summed E-state index contributed by atoms with van der Waals surface area (Å²) in [4.78, 5) is 34.0. The first-order chi connectivity index (χ1) is 19.1. The third kappa shape index (κ3) is 5.97. The van der Waals surface area contributed by atoms with Gasteiger partial charge in [0, 0.05) is 29.9 Å². The molecule has 2 N–H and O–H groups in total. The number of fused-ring (bicyclic) bond motifs is 1. The number of nitrogens with zero attached hydrogens (tertiary/aromatic N) is 2. The Balaban J connectivity index is 1.56. The number of aliphatic carboxylic acids is 1. The first-order valence-corrected chi connectivity index (χ1v) is 12.4. The average Bonchev–Trinajstić information content (AvgIpc) is 2.98. The SMILES string of the molecule is O=C(O)/C(=C\N=C(c1ccccc1)c1ccccc1NC(=O)c1ccccn1)Cc1cccc2ccccc12. The maximum atomic E-state index is 12.9. The van der Waals surface area contributed by atoms with Gasteiger partial charge in [0.2, 0.25) is 0 Å². The molecule has 1 amide bonds. The predicted molar refractivity (Wildman–Crippen MR) is 154 cm³/mol. The molecule has 4 aromatic carbocycles. The second kappa shape index (κ2) is 11.8. The van der Waals surface area contributed by atoms with Gasteiger partial charge in [-0.1, -0.05) is 97.1 Å². The van der Waals surface area contributed by atoms with Gasteiger partial charge in [0.1, 0.15) is 5.69 Å². The van der Waals surface area contributed by atoms with Gasteiger partial charge in [0.25, 0.3) is 5.91 Å². The zero-order valence-electron chi connectivity index (χ0n) is 21.0. The van der Waals surface area contributed by atoms with Crippen LogP contribution >= 0.6 is 0 Å². The number of carbonyl (C=O) groups is 2. The number of benzene rings is 4. The summed E-state index contributed by atoms with van der Waals surface area (Å²) in [6, 6.07) is 35.7. The van der Waals surface area contributed by atoms with Gasteiger partial charge in [-0.15, -0.1) is 0 Å². The molecule has 190 valence electrons. The van der Waals surface area contributed by atoms with Crippen molar-refractivity contribution < 1.29 is 14.7 Å². The number of aromatic nitrogens is 1. The van der Waals surface area contributed by atoms with E-state index in [4.69, 9.17) is 4.99 Å². The topological polar surface area (TPSA) is 91.6 Å². The van der Waals surface area contributed by atoms with Crippen molar-refractivity contribution in [2.45, 2.75) is 6.42 Å². The van der Waals surface area contributed by atoms with Crippen LogP contribution in [0, 0.1) is 0 Å². The third-order valence-corrected chi connectivity index (χ3v) is 6.26. The highest BCUT2D eigenvalue weighted by Crippen LogP contribution is 2.24. The molecule has 0 aliphatic heterocycles. The normalized spacial score (nSPS) is 11.8. The third-order valence-electron chi connectivity index (χ3n) is 6.26. The molecule has 0 saturated carbocycles. The number of nitrogens with one attached hydrogen (secondary N) is 1. The van der Waals surface area contributed by atoms with Crippen LogP contribution in [0.15, 0.2) is 138 Å². The monoisotopic (exact) mass is 511 g/mol. The van der Waals surface area contributed by atoms with Crippen molar-refractivity contribution in [1.29, 1.82) is 0 Å². The van der Waals surface area contributed by atoms with Gasteiger partial charge in [0.15, 0.2) is 0 Å². The Hall–Kier alpha value is -5.36. The number of rotatable bonds is 8. The Morgan fingerprint density at radius 2 is 1.51 bits per heavy atom. The van der Waals surface area contributed by atoms with Crippen LogP contribution in [0.1, 0.15) is 27.2 Å². The van der Waals surface area contributed by atoms with Crippen LogP contribution < -0.4 is 5.32 Å². The van der Waals surface area contributed by atoms with Crippen molar-refractivity contribution >= 4 is 34.0 Å². The summed E-state index contributed by atoms with van der Waals surface area (Å²) in [5, 5.41) is 15.0. The maximum Gasteiger partial charge on any atom is 0.333 e. The van der Waals surface area contributed by atoms with Crippen molar-refractivity contribution in [3.63, 3.8) is 0 Å². The minimum Gasteiger partial charge on any atom is -0.478 e. The molecule has 0 aliphatic carbocycles. The van der Waals surface area contributed by atoms with Gasteiger partial charge < -0.3 is 10.4 Å². The number of para-hydroxylation sites is 1. The van der Waals surface area contributed by atoms with Crippen LogP contribution in [-0.2, 0) is 11.2 Å². The lowest BCUT2D eigenvalue weighted by molar-refractivity contribution is -0.132. The quantitative estimate of drug-likeness (QED) is 0.183. The zero-order valence-corrected chi connectivity index (χ0v) is 21.0. The number of carboxylic acid groups (broad SMARTS) is 1. The Morgan fingerprint density at radius 1 is 0.795 bits per heavy atom. The van der Waals surface area contributed by atoms with Crippen LogP contribution in [0.3, 0.4) is 0 Å². The van der Waals surface area contributed by atoms with E-state index in [1.807, 2.05) is 91.0 Å². The minimum atomic E-state index is -1.05. The van der Waals surface area contributed by atoms with E-state index in [0.717, 1.165) is 21.9 Å². The molecule has 1 aromatic heterocycles. The van der Waals surface area contributed by atoms with Crippen LogP contribution in [0.4, 0.5) is 5.69 Å². The van der Waals surface area contributed by atoms with Crippen molar-refractivity contribution in [3.8, 4) is 0 Å². The first-order valence-electron chi connectivity index (χ1n) is 12.4. The lowest BCUT2D eigenvalue weighted by Crippen LogP contribution is -2.16. The molecule has 0 unspecified atom stereocenters. The summed E-state index contributed by atoms with van der Waals surface area (Å²) in [6.45, 7) is 0. The highest BCUT2D eigenvalue weighted by Gasteiger charge is 2.16. The van der Waals surface area contributed by atoms with Gasteiger partial charge >= 0.3 is 5.97 Å². The summed E-state index contributed by atoms with van der Waals surface area (Å²) in [5.41, 5.74) is 3.84. The van der Waals surface area contributed by atoms with Crippen LogP contribution in [0.2, 0.25) is 0 Å². The molecule has 0 bridgehead atoms. The van der Waals surface area contributed by atoms with Gasteiger partial charge in [-0.25, -0.2) is 4.79 Å². The first kappa shape index (κ1) is 25.3. The lowest BCUT2D eigenvalue weighted by Gasteiger charge is -2.13. The van der Waals surface area contributed by atoms with Crippen LogP contribution in [0.5, 0.6) is 0 Å². The Labute approximate surface area is 226 Å². The number of hydrogen-bond acceptors (Lipinski definition) is 4. The fourth-order valence-electron chi connectivity index (χ4n) is 4.35. The largest absolute Gasteiger partial charge is 0.478 e. The van der Waals surface area contributed by atoms with E-state index in [0.29, 0.717) is 17.0 Å². The molecule has 0 saturated heterocycles. The smallest absolute Gasteiger partial charge is 0.333 e. The number of aliphatic imine (C=N–C) groups is 1. The molecule has 0 fully saturated rings. The van der Waals surface area contributed by atoms with Crippen molar-refractivity contribution in [3.05, 3.63) is 156 Å². The molecule has 0 spiro atoms. The minimum absolute atomic E-state index is 0.148.